The molecule has 1 atom stereocenters. The number of nitrogens with one attached hydrogen (secondary N) is 1. The molecular formula is C14H17ClN4OS. The second-order valence-electron chi connectivity index (χ2n) is 4.43. The fraction of sp³-hybridized carbons (Fsp3) is 0.286. The van der Waals surface area contributed by atoms with Gasteiger partial charge in [0.05, 0.1) is 17.5 Å². The van der Waals surface area contributed by atoms with Crippen LogP contribution in [0.5, 0.6) is 0 Å². The van der Waals surface area contributed by atoms with Gasteiger partial charge in [-0.15, -0.1) is 0 Å². The molecule has 0 fully saturated rings. The monoisotopic (exact) mass is 324 g/mol. The normalized spacial score (nSPS) is 12.1. The first-order valence-electron chi connectivity index (χ1n) is 6.55. The average Bonchev–Trinajstić information content (AvgIpc) is 2.49. The van der Waals surface area contributed by atoms with Gasteiger partial charge in [-0.2, -0.15) is 4.98 Å². The summed E-state index contributed by atoms with van der Waals surface area (Å²) in [6.45, 7) is 2.02. The van der Waals surface area contributed by atoms with Crippen LogP contribution in [0.25, 0.3) is 0 Å². The minimum atomic E-state index is -0.0659. The van der Waals surface area contributed by atoms with Crippen molar-refractivity contribution in [3.8, 4) is 0 Å². The van der Waals surface area contributed by atoms with Gasteiger partial charge in [-0.3, -0.25) is 0 Å². The first kappa shape index (κ1) is 15.9. The molecule has 0 amide bonds. The highest BCUT2D eigenvalue weighted by atomic mass is 35.5. The number of aliphatic hydroxyl groups excluding tert-OH is 1. The summed E-state index contributed by atoms with van der Waals surface area (Å²) in [6, 6.07) is 7.45. The van der Waals surface area contributed by atoms with Crippen LogP contribution in [-0.4, -0.2) is 27.7 Å². The van der Waals surface area contributed by atoms with E-state index in [0.717, 1.165) is 16.2 Å². The van der Waals surface area contributed by atoms with Crippen molar-refractivity contribution >= 4 is 35.1 Å². The van der Waals surface area contributed by atoms with Gasteiger partial charge >= 0.3 is 0 Å². The van der Waals surface area contributed by atoms with E-state index in [9.17, 15) is 5.11 Å². The maximum atomic E-state index is 9.31. The fourth-order valence-electron chi connectivity index (χ4n) is 1.66. The number of aliphatic hydroxyl groups is 1. The first-order chi connectivity index (χ1) is 10.1. The van der Waals surface area contributed by atoms with E-state index in [2.05, 4.69) is 15.3 Å². The third-order valence-electron chi connectivity index (χ3n) is 2.87. The van der Waals surface area contributed by atoms with Gasteiger partial charge in [-0.05, 0) is 30.7 Å². The predicted octanol–water partition coefficient (Wildman–Crippen LogP) is 3.05. The molecule has 21 heavy (non-hydrogen) atoms. The molecule has 1 aromatic carbocycles. The van der Waals surface area contributed by atoms with E-state index in [1.165, 1.54) is 11.8 Å². The molecule has 0 saturated heterocycles. The summed E-state index contributed by atoms with van der Waals surface area (Å²) in [5.41, 5.74) is 5.65. The Balaban J connectivity index is 2.23. The van der Waals surface area contributed by atoms with Gasteiger partial charge in [0.25, 0.3) is 0 Å². The Morgan fingerprint density at radius 2 is 2.10 bits per heavy atom. The number of hydrogen-bond acceptors (Lipinski definition) is 6. The van der Waals surface area contributed by atoms with Crippen molar-refractivity contribution in [3.63, 3.8) is 0 Å². The molecule has 2 aromatic rings. The summed E-state index contributed by atoms with van der Waals surface area (Å²) >= 11 is 7.39. The Kier molecular flexibility index (Phi) is 5.67. The third kappa shape index (κ3) is 4.49. The molecule has 0 radical (unpaired) electrons. The number of hydrogen-bond donors (Lipinski definition) is 3. The van der Waals surface area contributed by atoms with Gasteiger partial charge < -0.3 is 16.2 Å². The molecule has 4 N–H and O–H groups in total. The van der Waals surface area contributed by atoms with Gasteiger partial charge in [0.15, 0.2) is 0 Å². The van der Waals surface area contributed by atoms with E-state index in [0.29, 0.717) is 10.8 Å². The van der Waals surface area contributed by atoms with Crippen molar-refractivity contribution in [2.45, 2.75) is 29.2 Å². The molecular weight excluding hydrogens is 308 g/mol. The van der Waals surface area contributed by atoms with Gasteiger partial charge in [0.1, 0.15) is 5.82 Å². The Labute approximate surface area is 132 Å². The molecule has 0 bridgehead atoms. The van der Waals surface area contributed by atoms with Crippen molar-refractivity contribution in [1.29, 1.82) is 0 Å². The summed E-state index contributed by atoms with van der Waals surface area (Å²) in [5.74, 6) is 0.828. The van der Waals surface area contributed by atoms with Crippen molar-refractivity contribution in [2.24, 2.45) is 0 Å². The highest BCUT2D eigenvalue weighted by molar-refractivity contribution is 7.99. The predicted molar refractivity (Wildman–Crippen MR) is 86.8 cm³/mol. The van der Waals surface area contributed by atoms with E-state index in [-0.39, 0.29) is 18.6 Å². The fourth-order valence-corrected chi connectivity index (χ4v) is 2.62. The van der Waals surface area contributed by atoms with Gasteiger partial charge in [-0.1, -0.05) is 30.3 Å². The zero-order chi connectivity index (χ0) is 15.2. The van der Waals surface area contributed by atoms with Crippen LogP contribution in [0.1, 0.15) is 13.3 Å². The SMILES string of the molecule is CCC(CO)Nc1nc(N)ncc1Sc1ccc(Cl)cc1. The molecule has 0 aliphatic carbocycles. The molecule has 0 saturated carbocycles. The van der Waals surface area contributed by atoms with Crippen LogP contribution in [0.2, 0.25) is 5.02 Å². The van der Waals surface area contributed by atoms with Gasteiger partial charge in [0, 0.05) is 16.1 Å². The van der Waals surface area contributed by atoms with Crippen molar-refractivity contribution in [3.05, 3.63) is 35.5 Å². The molecule has 1 heterocycles. The number of benzene rings is 1. The number of anilines is 2. The van der Waals surface area contributed by atoms with Crippen LogP contribution in [0.15, 0.2) is 40.3 Å². The van der Waals surface area contributed by atoms with Gasteiger partial charge in [0.2, 0.25) is 5.95 Å². The second kappa shape index (κ2) is 7.49. The van der Waals surface area contributed by atoms with Crippen LogP contribution in [0, 0.1) is 0 Å². The summed E-state index contributed by atoms with van der Waals surface area (Å²) in [4.78, 5) is 10.1. The summed E-state index contributed by atoms with van der Waals surface area (Å²) in [7, 11) is 0. The van der Waals surface area contributed by atoms with E-state index in [1.807, 2.05) is 31.2 Å². The molecule has 7 heteroatoms. The topological polar surface area (TPSA) is 84.1 Å². The molecule has 5 nitrogen and oxygen atoms in total. The quantitative estimate of drug-likeness (QED) is 0.757. The second-order valence-corrected chi connectivity index (χ2v) is 5.98. The maximum Gasteiger partial charge on any atom is 0.221 e. The lowest BCUT2D eigenvalue weighted by Crippen LogP contribution is -2.23. The Morgan fingerprint density at radius 3 is 2.71 bits per heavy atom. The molecule has 1 unspecified atom stereocenters. The van der Waals surface area contributed by atoms with Crippen LogP contribution in [-0.2, 0) is 0 Å². The Bertz CT molecular complexity index is 590. The van der Waals surface area contributed by atoms with Crippen molar-refractivity contribution in [2.75, 3.05) is 17.7 Å². The molecule has 0 aliphatic heterocycles. The number of nitrogens with zero attached hydrogens (tertiary/aromatic N) is 2. The summed E-state index contributed by atoms with van der Waals surface area (Å²) < 4.78 is 0. The smallest absolute Gasteiger partial charge is 0.221 e. The maximum absolute atomic E-state index is 9.31. The first-order valence-corrected chi connectivity index (χ1v) is 7.75. The summed E-state index contributed by atoms with van der Waals surface area (Å²) in [6.07, 6.45) is 2.46. The lowest BCUT2D eigenvalue weighted by atomic mass is 10.2. The molecule has 1 aromatic heterocycles. The minimum Gasteiger partial charge on any atom is -0.394 e. The third-order valence-corrected chi connectivity index (χ3v) is 4.15. The lowest BCUT2D eigenvalue weighted by Gasteiger charge is -2.17. The van der Waals surface area contributed by atoms with Crippen molar-refractivity contribution in [1.82, 2.24) is 9.97 Å². The zero-order valence-corrected chi connectivity index (χ0v) is 13.2. The Hall–Kier alpha value is -1.50. The number of halogens is 1. The molecule has 2 rings (SSSR count). The van der Waals surface area contributed by atoms with Crippen molar-refractivity contribution < 1.29 is 5.11 Å². The highest BCUT2D eigenvalue weighted by Crippen LogP contribution is 2.33. The van der Waals surface area contributed by atoms with E-state index < -0.39 is 0 Å². The van der Waals surface area contributed by atoms with E-state index in [4.69, 9.17) is 17.3 Å². The minimum absolute atomic E-state index is 0.0332. The Morgan fingerprint density at radius 1 is 1.38 bits per heavy atom. The number of nitrogen functional groups attached to an aromatic ring is 1. The lowest BCUT2D eigenvalue weighted by molar-refractivity contribution is 0.271. The molecule has 112 valence electrons. The van der Waals surface area contributed by atoms with Crippen LogP contribution in [0.4, 0.5) is 11.8 Å². The van der Waals surface area contributed by atoms with Crippen LogP contribution < -0.4 is 11.1 Å². The largest absolute Gasteiger partial charge is 0.394 e. The average molecular weight is 325 g/mol. The number of aromatic nitrogens is 2. The number of rotatable bonds is 6. The zero-order valence-electron chi connectivity index (χ0n) is 11.6. The number of nitrogens with two attached hydrogens (primary N) is 1. The van der Waals surface area contributed by atoms with E-state index in [1.54, 1.807) is 6.20 Å². The molecule has 0 aliphatic rings. The van der Waals surface area contributed by atoms with E-state index >= 15 is 0 Å². The standard InChI is InChI=1S/C14H17ClN4OS/c1-2-10(8-20)18-13-12(7-17-14(16)19-13)21-11-5-3-9(15)4-6-11/h3-7,10,20H,2,8H2,1H3,(H3,16,17,18,19). The van der Waals surface area contributed by atoms with Crippen LogP contribution in [0.3, 0.4) is 0 Å². The van der Waals surface area contributed by atoms with Gasteiger partial charge in [-0.25, -0.2) is 4.98 Å². The highest BCUT2D eigenvalue weighted by Gasteiger charge is 2.12. The molecule has 0 spiro atoms. The summed E-state index contributed by atoms with van der Waals surface area (Å²) in [5, 5.41) is 13.2. The van der Waals surface area contributed by atoms with Crippen LogP contribution >= 0.6 is 23.4 Å².